The molecule has 5 heteroatoms. The van der Waals surface area contributed by atoms with E-state index in [0.29, 0.717) is 11.8 Å². The molecule has 1 saturated carbocycles. The Labute approximate surface area is 145 Å². The number of rotatable bonds is 3. The van der Waals surface area contributed by atoms with Crippen molar-refractivity contribution in [3.05, 3.63) is 51.4 Å². The van der Waals surface area contributed by atoms with E-state index in [1.165, 1.54) is 12.0 Å². The number of likely N-dealkylation sites (tertiary alicyclic amines) is 1. The molecule has 4 rings (SSSR count). The molecular weight excluding hydrogens is 328 g/mol. The quantitative estimate of drug-likeness (QED) is 0.810. The van der Waals surface area contributed by atoms with Gasteiger partial charge in [0.2, 0.25) is 5.91 Å². The normalized spacial score (nSPS) is 27.0. The Morgan fingerprint density at radius 2 is 2.26 bits per heavy atom. The molecule has 2 heterocycles. The largest absolute Gasteiger partial charge is 0.333 e. The Hall–Kier alpha value is -1.39. The second-order valence-electron chi connectivity index (χ2n) is 6.42. The third-order valence-corrected chi connectivity index (χ3v) is 6.02. The zero-order chi connectivity index (χ0) is 15.8. The first kappa shape index (κ1) is 15.2. The van der Waals surface area contributed by atoms with Crippen LogP contribution in [0.3, 0.4) is 0 Å². The van der Waals surface area contributed by atoms with Gasteiger partial charge < -0.3 is 4.90 Å². The summed E-state index contributed by atoms with van der Waals surface area (Å²) in [6.45, 7) is 0.863. The van der Waals surface area contributed by atoms with Crippen molar-refractivity contribution >= 4 is 28.8 Å². The second-order valence-corrected chi connectivity index (χ2v) is 7.78. The van der Waals surface area contributed by atoms with E-state index in [-0.39, 0.29) is 12.0 Å². The van der Waals surface area contributed by atoms with Crippen molar-refractivity contribution in [2.45, 2.75) is 37.6 Å². The lowest BCUT2D eigenvalue weighted by atomic mass is 10.0. The second kappa shape index (κ2) is 6.25. The van der Waals surface area contributed by atoms with E-state index >= 15 is 0 Å². The number of piperidine rings is 1. The smallest absolute Gasteiger partial charge is 0.226 e. The fourth-order valence-corrected chi connectivity index (χ4v) is 4.62. The number of hydrogen-bond donors (Lipinski definition) is 0. The van der Waals surface area contributed by atoms with Gasteiger partial charge in [-0.25, -0.2) is 4.98 Å². The van der Waals surface area contributed by atoms with Crippen LogP contribution in [0.4, 0.5) is 0 Å². The minimum absolute atomic E-state index is 0.119. The van der Waals surface area contributed by atoms with Gasteiger partial charge in [0.25, 0.3) is 0 Å². The Kier molecular flexibility index (Phi) is 4.12. The van der Waals surface area contributed by atoms with E-state index < -0.39 is 0 Å². The number of benzene rings is 1. The van der Waals surface area contributed by atoms with Crippen LogP contribution in [0.5, 0.6) is 0 Å². The summed E-state index contributed by atoms with van der Waals surface area (Å²) in [7, 11) is 0. The van der Waals surface area contributed by atoms with E-state index in [9.17, 15) is 4.79 Å². The summed E-state index contributed by atoms with van der Waals surface area (Å²) in [5.41, 5.74) is 1.19. The summed E-state index contributed by atoms with van der Waals surface area (Å²) >= 11 is 7.74. The summed E-state index contributed by atoms with van der Waals surface area (Å²) in [5.74, 6) is 0.754. The molecule has 0 unspecified atom stereocenters. The molecule has 1 aromatic carbocycles. The highest BCUT2D eigenvalue weighted by atomic mass is 35.5. The van der Waals surface area contributed by atoms with Crippen molar-refractivity contribution in [2.24, 2.45) is 5.92 Å². The standard InChI is InChI=1S/C18H19ClN2OS/c19-13-5-3-4-12(10-13)14-11-15(14)18(22)21-8-2-1-6-16(21)17-20-7-9-23-17/h3-5,7,9-10,14-16H,1-2,6,8,11H2/t14-,15+,16+/m0/s1. The van der Waals surface area contributed by atoms with Crippen molar-refractivity contribution < 1.29 is 4.79 Å². The van der Waals surface area contributed by atoms with Crippen LogP contribution in [0.25, 0.3) is 0 Å². The van der Waals surface area contributed by atoms with Crippen molar-refractivity contribution in [3.8, 4) is 0 Å². The molecule has 3 nitrogen and oxygen atoms in total. The molecule has 0 N–H and O–H groups in total. The summed E-state index contributed by atoms with van der Waals surface area (Å²) in [6.07, 6.45) is 6.09. The number of amides is 1. The van der Waals surface area contributed by atoms with Crippen LogP contribution in [-0.4, -0.2) is 22.3 Å². The highest BCUT2D eigenvalue weighted by Crippen LogP contribution is 2.50. The Bertz CT molecular complexity index is 703. The fourth-order valence-electron chi connectivity index (χ4n) is 3.64. The van der Waals surface area contributed by atoms with Gasteiger partial charge in [0, 0.05) is 29.1 Å². The summed E-state index contributed by atoms with van der Waals surface area (Å²) in [4.78, 5) is 19.5. The number of halogens is 1. The number of aromatic nitrogens is 1. The maximum absolute atomic E-state index is 13.0. The van der Waals surface area contributed by atoms with Crippen LogP contribution in [0.2, 0.25) is 5.02 Å². The molecule has 1 saturated heterocycles. The molecule has 0 bridgehead atoms. The molecule has 1 amide bonds. The lowest BCUT2D eigenvalue weighted by molar-refractivity contribution is -0.136. The average molecular weight is 347 g/mol. The van der Waals surface area contributed by atoms with Gasteiger partial charge in [-0.05, 0) is 49.3 Å². The zero-order valence-corrected chi connectivity index (χ0v) is 14.4. The summed E-state index contributed by atoms with van der Waals surface area (Å²) < 4.78 is 0. The predicted molar refractivity (Wildman–Crippen MR) is 92.7 cm³/mol. The van der Waals surface area contributed by atoms with Gasteiger partial charge >= 0.3 is 0 Å². The molecule has 0 spiro atoms. The number of hydrogen-bond acceptors (Lipinski definition) is 3. The molecule has 23 heavy (non-hydrogen) atoms. The van der Waals surface area contributed by atoms with Crippen molar-refractivity contribution in [1.82, 2.24) is 9.88 Å². The molecule has 120 valence electrons. The van der Waals surface area contributed by atoms with Crippen LogP contribution < -0.4 is 0 Å². The molecule has 1 aliphatic carbocycles. The van der Waals surface area contributed by atoms with Gasteiger partial charge in [-0.15, -0.1) is 11.3 Å². The first-order valence-corrected chi connectivity index (χ1v) is 9.45. The number of carbonyl (C=O) groups excluding carboxylic acids is 1. The SMILES string of the molecule is O=C([C@@H]1C[C@H]1c1cccc(Cl)c1)N1CCCC[C@@H]1c1nccs1. The van der Waals surface area contributed by atoms with Gasteiger partial charge in [-0.1, -0.05) is 23.7 Å². The maximum Gasteiger partial charge on any atom is 0.226 e. The first-order chi connectivity index (χ1) is 11.2. The molecule has 0 radical (unpaired) electrons. The van der Waals surface area contributed by atoms with E-state index in [1.54, 1.807) is 11.3 Å². The molecule has 2 fully saturated rings. The van der Waals surface area contributed by atoms with E-state index in [0.717, 1.165) is 35.8 Å². The zero-order valence-electron chi connectivity index (χ0n) is 12.8. The molecule has 2 aromatic rings. The molecule has 2 aliphatic rings. The lowest BCUT2D eigenvalue weighted by Gasteiger charge is -2.34. The Morgan fingerprint density at radius 1 is 1.35 bits per heavy atom. The van der Waals surface area contributed by atoms with Crippen molar-refractivity contribution in [2.75, 3.05) is 6.54 Å². The van der Waals surface area contributed by atoms with Crippen LogP contribution in [0.1, 0.15) is 48.2 Å². The topological polar surface area (TPSA) is 33.2 Å². The van der Waals surface area contributed by atoms with Gasteiger partial charge in [0.15, 0.2) is 0 Å². The van der Waals surface area contributed by atoms with E-state index in [2.05, 4.69) is 16.0 Å². The number of thiazole rings is 1. The average Bonchev–Trinajstić information content (AvgIpc) is 3.19. The van der Waals surface area contributed by atoms with Gasteiger partial charge in [-0.3, -0.25) is 4.79 Å². The van der Waals surface area contributed by atoms with Crippen molar-refractivity contribution in [1.29, 1.82) is 0 Å². The van der Waals surface area contributed by atoms with E-state index in [1.807, 2.05) is 29.8 Å². The van der Waals surface area contributed by atoms with Gasteiger partial charge in [-0.2, -0.15) is 0 Å². The van der Waals surface area contributed by atoms with Crippen LogP contribution in [-0.2, 0) is 4.79 Å². The highest BCUT2D eigenvalue weighted by Gasteiger charge is 2.47. The van der Waals surface area contributed by atoms with E-state index in [4.69, 9.17) is 11.6 Å². The Balaban J connectivity index is 1.50. The summed E-state index contributed by atoms with van der Waals surface area (Å²) in [5, 5.41) is 3.83. The monoisotopic (exact) mass is 346 g/mol. The molecule has 1 aromatic heterocycles. The number of nitrogens with zero attached hydrogens (tertiary/aromatic N) is 2. The van der Waals surface area contributed by atoms with Crippen LogP contribution in [0.15, 0.2) is 35.8 Å². The minimum atomic E-state index is 0.119. The molecular formula is C18H19ClN2OS. The maximum atomic E-state index is 13.0. The summed E-state index contributed by atoms with van der Waals surface area (Å²) in [6, 6.07) is 8.10. The van der Waals surface area contributed by atoms with Crippen LogP contribution in [0, 0.1) is 5.92 Å². The van der Waals surface area contributed by atoms with Crippen LogP contribution >= 0.6 is 22.9 Å². The first-order valence-electron chi connectivity index (χ1n) is 8.19. The highest BCUT2D eigenvalue weighted by molar-refractivity contribution is 7.09. The third-order valence-electron chi connectivity index (χ3n) is 4.91. The fraction of sp³-hybridized carbons (Fsp3) is 0.444. The van der Waals surface area contributed by atoms with Gasteiger partial charge in [0.05, 0.1) is 6.04 Å². The Morgan fingerprint density at radius 3 is 3.04 bits per heavy atom. The number of carbonyl (C=O) groups is 1. The third kappa shape index (κ3) is 3.02. The molecule has 1 aliphatic heterocycles. The lowest BCUT2D eigenvalue weighted by Crippen LogP contribution is -2.39. The predicted octanol–water partition coefficient (Wildman–Crippen LogP) is 4.65. The minimum Gasteiger partial charge on any atom is -0.333 e. The van der Waals surface area contributed by atoms with Crippen molar-refractivity contribution in [3.63, 3.8) is 0 Å². The van der Waals surface area contributed by atoms with Gasteiger partial charge in [0.1, 0.15) is 5.01 Å². The molecule has 3 atom stereocenters.